The zero-order chi connectivity index (χ0) is 14.4. The van der Waals surface area contributed by atoms with E-state index in [0.29, 0.717) is 5.75 Å². The van der Waals surface area contributed by atoms with E-state index in [0.717, 1.165) is 16.7 Å². The maximum atomic E-state index is 8.50. The molecular weight excluding hydrogens is 316 g/mol. The van der Waals surface area contributed by atoms with Crippen molar-refractivity contribution in [3.05, 3.63) is 58.1 Å². The summed E-state index contributed by atoms with van der Waals surface area (Å²) >= 11 is 3.50. The summed E-state index contributed by atoms with van der Waals surface area (Å²) in [5.74, 6) is 0.698. The highest BCUT2D eigenvalue weighted by molar-refractivity contribution is 9.10. The van der Waals surface area contributed by atoms with Crippen molar-refractivity contribution in [1.29, 1.82) is 5.26 Å². The Labute approximate surface area is 127 Å². The molecule has 0 unspecified atom stereocenters. The molecule has 0 fully saturated rings. The zero-order valence-electron chi connectivity index (χ0n) is 11.2. The van der Waals surface area contributed by atoms with E-state index in [1.807, 2.05) is 30.3 Å². The van der Waals surface area contributed by atoms with Crippen molar-refractivity contribution in [2.24, 2.45) is 0 Å². The minimum absolute atomic E-state index is 0.0648. The molecule has 0 atom stereocenters. The molecule has 0 amide bonds. The fraction of sp³-hybridized carbons (Fsp3) is 0.188. The number of ether oxygens (including phenoxy) is 1. The summed E-state index contributed by atoms with van der Waals surface area (Å²) in [6.45, 7) is 2.88. The Morgan fingerprint density at radius 1 is 1.25 bits per heavy atom. The van der Waals surface area contributed by atoms with Crippen LogP contribution in [0.2, 0.25) is 0 Å². The number of nitriles is 1. The number of aryl methyl sites for hydroxylation is 1. The lowest BCUT2D eigenvalue weighted by atomic mass is 10.1. The Hall–Kier alpha value is -1.99. The molecule has 20 heavy (non-hydrogen) atoms. The lowest BCUT2D eigenvalue weighted by Gasteiger charge is -2.09. The average Bonchev–Trinajstić information content (AvgIpc) is 2.47. The number of nitrogens with one attached hydrogen (secondary N) is 1. The Bertz CT molecular complexity index is 635. The highest BCUT2D eigenvalue weighted by Gasteiger charge is 1.99. The fourth-order valence-electron chi connectivity index (χ4n) is 1.83. The van der Waals surface area contributed by atoms with Gasteiger partial charge in [-0.1, -0.05) is 34.1 Å². The van der Waals surface area contributed by atoms with Crippen molar-refractivity contribution in [2.45, 2.75) is 13.5 Å². The summed E-state index contributed by atoms with van der Waals surface area (Å²) < 4.78 is 6.39. The van der Waals surface area contributed by atoms with Crippen LogP contribution >= 0.6 is 15.9 Å². The Kier molecular flexibility index (Phi) is 5.03. The second-order valence-electron chi connectivity index (χ2n) is 4.41. The molecule has 102 valence electrons. The molecule has 2 aromatic rings. The molecule has 0 saturated heterocycles. The summed E-state index contributed by atoms with van der Waals surface area (Å²) in [5, 5.41) is 11.8. The number of nitrogens with zero attached hydrogens (tertiary/aromatic N) is 1. The lowest BCUT2D eigenvalue weighted by molar-refractivity contribution is 0.368. The van der Waals surface area contributed by atoms with Gasteiger partial charge in [-0.3, -0.25) is 0 Å². The van der Waals surface area contributed by atoms with Gasteiger partial charge < -0.3 is 10.1 Å². The van der Waals surface area contributed by atoms with Gasteiger partial charge >= 0.3 is 0 Å². The molecular formula is C16H15BrN2O. The first kappa shape index (κ1) is 14.4. The highest BCUT2D eigenvalue weighted by atomic mass is 79.9. The van der Waals surface area contributed by atoms with E-state index in [1.165, 1.54) is 11.1 Å². The first-order valence-electron chi connectivity index (χ1n) is 6.28. The molecule has 1 N–H and O–H groups in total. The first-order chi connectivity index (χ1) is 9.69. The predicted octanol–water partition coefficient (Wildman–Crippen LogP) is 4.27. The second kappa shape index (κ2) is 6.97. The van der Waals surface area contributed by atoms with Gasteiger partial charge in [0, 0.05) is 22.8 Å². The maximum Gasteiger partial charge on any atom is 0.174 e. The van der Waals surface area contributed by atoms with Crippen molar-refractivity contribution < 1.29 is 4.74 Å². The Morgan fingerprint density at radius 3 is 2.85 bits per heavy atom. The van der Waals surface area contributed by atoms with Crippen LogP contribution in [0.25, 0.3) is 0 Å². The van der Waals surface area contributed by atoms with Crippen LogP contribution in [0.4, 0.5) is 5.69 Å². The van der Waals surface area contributed by atoms with Gasteiger partial charge in [0.25, 0.3) is 0 Å². The van der Waals surface area contributed by atoms with Gasteiger partial charge in [-0.05, 0) is 36.2 Å². The summed E-state index contributed by atoms with van der Waals surface area (Å²) in [5.41, 5.74) is 3.41. The molecule has 0 aliphatic heterocycles. The lowest BCUT2D eigenvalue weighted by Crippen LogP contribution is -2.00. The summed E-state index contributed by atoms with van der Waals surface area (Å²) in [6, 6.07) is 15.9. The van der Waals surface area contributed by atoms with Crippen molar-refractivity contribution in [2.75, 3.05) is 11.9 Å². The molecule has 0 radical (unpaired) electrons. The Morgan fingerprint density at radius 2 is 2.10 bits per heavy atom. The number of rotatable bonds is 5. The fourth-order valence-corrected chi connectivity index (χ4v) is 2.08. The molecule has 3 nitrogen and oxygen atoms in total. The van der Waals surface area contributed by atoms with Crippen LogP contribution in [0.3, 0.4) is 0 Å². The van der Waals surface area contributed by atoms with Gasteiger partial charge in [-0.15, -0.1) is 0 Å². The molecule has 0 aliphatic carbocycles. The van der Waals surface area contributed by atoms with Crippen molar-refractivity contribution in [3.8, 4) is 11.8 Å². The molecule has 0 heterocycles. The average molecular weight is 331 g/mol. The van der Waals surface area contributed by atoms with Crippen LogP contribution < -0.4 is 10.1 Å². The molecule has 4 heteroatoms. The van der Waals surface area contributed by atoms with Gasteiger partial charge in [0.1, 0.15) is 11.8 Å². The van der Waals surface area contributed by atoms with Gasteiger partial charge in [0.05, 0.1) is 0 Å². The molecule has 0 aromatic heterocycles. The molecule has 0 bridgehead atoms. The van der Waals surface area contributed by atoms with Crippen LogP contribution in [0.5, 0.6) is 5.75 Å². The van der Waals surface area contributed by atoms with E-state index in [4.69, 9.17) is 10.00 Å². The third-order valence-corrected chi connectivity index (χ3v) is 3.75. The third kappa shape index (κ3) is 4.01. The van der Waals surface area contributed by atoms with Crippen LogP contribution in [-0.4, -0.2) is 6.61 Å². The topological polar surface area (TPSA) is 45.0 Å². The van der Waals surface area contributed by atoms with Crippen molar-refractivity contribution >= 4 is 21.6 Å². The molecule has 0 spiro atoms. The first-order valence-corrected chi connectivity index (χ1v) is 7.07. The van der Waals surface area contributed by atoms with Crippen molar-refractivity contribution in [3.63, 3.8) is 0 Å². The number of anilines is 1. The molecule has 0 saturated carbocycles. The number of benzene rings is 2. The van der Waals surface area contributed by atoms with Crippen LogP contribution in [-0.2, 0) is 6.54 Å². The number of hydrogen-bond acceptors (Lipinski definition) is 3. The summed E-state index contributed by atoms with van der Waals surface area (Å²) in [7, 11) is 0. The smallest absolute Gasteiger partial charge is 0.174 e. The minimum Gasteiger partial charge on any atom is -0.479 e. The SMILES string of the molecule is Cc1cc(CNc2cccc(OCC#N)c2)ccc1Br. The second-order valence-corrected chi connectivity index (χ2v) is 5.27. The van der Waals surface area contributed by atoms with Gasteiger partial charge in [-0.2, -0.15) is 5.26 Å². The standard InChI is InChI=1S/C16H15BrN2O/c1-12-9-13(5-6-16(12)17)11-19-14-3-2-4-15(10-14)20-8-7-18/h2-6,9-10,19H,8,11H2,1H3. The van der Waals surface area contributed by atoms with Gasteiger partial charge in [0.2, 0.25) is 0 Å². The quantitative estimate of drug-likeness (QED) is 0.890. The normalized spacial score (nSPS) is 9.85. The highest BCUT2D eigenvalue weighted by Crippen LogP contribution is 2.20. The number of halogens is 1. The van der Waals surface area contributed by atoms with E-state index < -0.39 is 0 Å². The van der Waals surface area contributed by atoms with Crippen LogP contribution in [0.1, 0.15) is 11.1 Å². The van der Waals surface area contributed by atoms with E-state index in [-0.39, 0.29) is 6.61 Å². The van der Waals surface area contributed by atoms with E-state index in [9.17, 15) is 0 Å². The van der Waals surface area contributed by atoms with E-state index in [2.05, 4.69) is 46.4 Å². The summed E-state index contributed by atoms with van der Waals surface area (Å²) in [4.78, 5) is 0. The molecule has 2 rings (SSSR count). The number of hydrogen-bond donors (Lipinski definition) is 1. The minimum atomic E-state index is 0.0648. The third-order valence-electron chi connectivity index (χ3n) is 2.86. The largest absolute Gasteiger partial charge is 0.479 e. The maximum absolute atomic E-state index is 8.50. The zero-order valence-corrected chi connectivity index (χ0v) is 12.8. The monoisotopic (exact) mass is 330 g/mol. The van der Waals surface area contributed by atoms with Crippen molar-refractivity contribution in [1.82, 2.24) is 0 Å². The Balaban J connectivity index is 1.99. The van der Waals surface area contributed by atoms with E-state index in [1.54, 1.807) is 0 Å². The van der Waals surface area contributed by atoms with E-state index >= 15 is 0 Å². The van der Waals surface area contributed by atoms with Crippen LogP contribution in [0.15, 0.2) is 46.9 Å². The van der Waals surface area contributed by atoms with Gasteiger partial charge in [0.15, 0.2) is 6.61 Å². The van der Waals surface area contributed by atoms with Crippen LogP contribution in [0, 0.1) is 18.3 Å². The molecule has 2 aromatic carbocycles. The predicted molar refractivity (Wildman–Crippen MR) is 83.8 cm³/mol. The van der Waals surface area contributed by atoms with Gasteiger partial charge in [-0.25, -0.2) is 0 Å². The molecule has 0 aliphatic rings. The summed E-state index contributed by atoms with van der Waals surface area (Å²) in [6.07, 6.45) is 0.